The Bertz CT molecular complexity index is 466. The fraction of sp³-hybridized carbons (Fsp3) is 0.462. The van der Waals surface area contributed by atoms with Crippen molar-refractivity contribution in [2.75, 3.05) is 6.54 Å². The Morgan fingerprint density at radius 3 is 2.67 bits per heavy atom. The van der Waals surface area contributed by atoms with E-state index in [2.05, 4.69) is 5.32 Å². The summed E-state index contributed by atoms with van der Waals surface area (Å²) in [6.45, 7) is 2.34. The van der Waals surface area contributed by atoms with Gasteiger partial charge in [0, 0.05) is 24.9 Å². The Morgan fingerprint density at radius 1 is 1.44 bits per heavy atom. The number of rotatable bonds is 3. The lowest BCUT2D eigenvalue weighted by atomic mass is 9.69. The molecule has 3 N–H and O–H groups in total. The predicted molar refractivity (Wildman–Crippen MR) is 64.5 cm³/mol. The van der Waals surface area contributed by atoms with Gasteiger partial charge in [-0.2, -0.15) is 0 Å². The van der Waals surface area contributed by atoms with Gasteiger partial charge < -0.3 is 11.1 Å². The molecule has 0 radical (unpaired) electrons. The van der Waals surface area contributed by atoms with Gasteiger partial charge in [-0.3, -0.25) is 4.79 Å². The number of carbonyl (C=O) groups excluding carboxylic acids is 1. The highest BCUT2D eigenvalue weighted by Crippen LogP contribution is 2.49. The molecule has 0 bridgehead atoms. The quantitative estimate of drug-likeness (QED) is 0.867. The van der Waals surface area contributed by atoms with E-state index in [1.54, 1.807) is 24.3 Å². The van der Waals surface area contributed by atoms with Crippen LogP contribution in [0.1, 0.15) is 35.7 Å². The van der Waals surface area contributed by atoms with Crippen LogP contribution in [-0.2, 0) is 5.54 Å². The molecule has 0 aromatic heterocycles. The van der Waals surface area contributed by atoms with E-state index in [0.29, 0.717) is 17.7 Å². The van der Waals surface area contributed by atoms with E-state index in [-0.39, 0.29) is 18.7 Å². The van der Waals surface area contributed by atoms with Crippen molar-refractivity contribution in [2.24, 2.45) is 5.73 Å². The Labute approximate surface area is 104 Å². The minimum absolute atomic E-state index is 0.214. The first-order chi connectivity index (χ1) is 8.36. The average Bonchev–Trinajstić information content (AvgIpc) is 2.27. The van der Waals surface area contributed by atoms with Crippen LogP contribution in [0.15, 0.2) is 24.3 Å². The molecule has 98 valence electrons. The van der Waals surface area contributed by atoms with Gasteiger partial charge in [0.15, 0.2) is 0 Å². The molecule has 1 aliphatic rings. The third-order valence-electron chi connectivity index (χ3n) is 3.19. The van der Waals surface area contributed by atoms with Gasteiger partial charge in [-0.05, 0) is 24.6 Å². The molecule has 1 saturated carbocycles. The normalized spacial score (nSPS) is 20.0. The maximum atomic E-state index is 12.9. The zero-order chi connectivity index (χ0) is 13.4. The summed E-state index contributed by atoms with van der Waals surface area (Å²) < 4.78 is 25.9. The number of carbonyl (C=O) groups is 1. The van der Waals surface area contributed by atoms with E-state index < -0.39 is 11.5 Å². The maximum absolute atomic E-state index is 12.9. The highest BCUT2D eigenvalue weighted by Gasteiger charge is 2.55. The van der Waals surface area contributed by atoms with Gasteiger partial charge in [0.05, 0.1) is 5.54 Å². The number of nitrogens with one attached hydrogen (secondary N) is 1. The number of alkyl halides is 2. The van der Waals surface area contributed by atoms with Crippen molar-refractivity contribution >= 4 is 5.91 Å². The molecule has 5 heteroatoms. The second kappa shape index (κ2) is 4.31. The molecule has 0 unspecified atom stereocenters. The van der Waals surface area contributed by atoms with Crippen LogP contribution >= 0.6 is 0 Å². The van der Waals surface area contributed by atoms with E-state index in [9.17, 15) is 13.6 Å². The molecule has 0 aliphatic heterocycles. The molecule has 1 amide bonds. The van der Waals surface area contributed by atoms with E-state index in [4.69, 9.17) is 5.73 Å². The van der Waals surface area contributed by atoms with Gasteiger partial charge in [0.2, 0.25) is 0 Å². The lowest BCUT2D eigenvalue weighted by Crippen LogP contribution is -2.55. The summed E-state index contributed by atoms with van der Waals surface area (Å²) in [6.07, 6.45) is -0.725. The second-order valence-corrected chi connectivity index (χ2v) is 4.81. The van der Waals surface area contributed by atoms with Gasteiger partial charge in [0.1, 0.15) is 0 Å². The van der Waals surface area contributed by atoms with Crippen LogP contribution in [0, 0.1) is 0 Å². The highest BCUT2D eigenvalue weighted by molar-refractivity contribution is 5.94. The van der Waals surface area contributed by atoms with E-state index in [0.717, 1.165) is 0 Å². The molecule has 0 spiro atoms. The fourth-order valence-corrected chi connectivity index (χ4v) is 2.31. The molecule has 0 atom stereocenters. The first-order valence-electron chi connectivity index (χ1n) is 5.92. The Morgan fingerprint density at radius 2 is 2.11 bits per heavy atom. The van der Waals surface area contributed by atoms with Crippen LogP contribution in [0.5, 0.6) is 0 Å². The molecular formula is C13H16F2N2O. The summed E-state index contributed by atoms with van der Waals surface area (Å²) in [6, 6.07) is 6.61. The van der Waals surface area contributed by atoms with Gasteiger partial charge in [0.25, 0.3) is 11.8 Å². The summed E-state index contributed by atoms with van der Waals surface area (Å²) in [5.74, 6) is -2.90. The van der Waals surface area contributed by atoms with Crippen molar-refractivity contribution < 1.29 is 13.6 Å². The molecule has 18 heavy (non-hydrogen) atoms. The van der Waals surface area contributed by atoms with E-state index in [1.807, 2.05) is 6.92 Å². The molecule has 1 fully saturated rings. The topological polar surface area (TPSA) is 55.1 Å². The van der Waals surface area contributed by atoms with Gasteiger partial charge in [-0.25, -0.2) is 8.78 Å². The lowest BCUT2D eigenvalue weighted by Gasteiger charge is -2.45. The van der Waals surface area contributed by atoms with Gasteiger partial charge in [-0.1, -0.05) is 12.1 Å². The van der Waals surface area contributed by atoms with Crippen molar-refractivity contribution in [3.63, 3.8) is 0 Å². The second-order valence-electron chi connectivity index (χ2n) is 4.81. The van der Waals surface area contributed by atoms with Gasteiger partial charge in [-0.15, -0.1) is 0 Å². The van der Waals surface area contributed by atoms with Crippen molar-refractivity contribution in [1.29, 1.82) is 0 Å². The number of amides is 1. The fourth-order valence-electron chi connectivity index (χ4n) is 2.31. The minimum Gasteiger partial charge on any atom is -0.352 e. The zero-order valence-electron chi connectivity index (χ0n) is 10.2. The Hall–Kier alpha value is -1.49. The van der Waals surface area contributed by atoms with Crippen molar-refractivity contribution in [3.05, 3.63) is 35.4 Å². The van der Waals surface area contributed by atoms with Crippen LogP contribution < -0.4 is 11.1 Å². The standard InChI is InChI=1S/C13H16F2N2O/c1-2-17-11(18)9-4-3-5-10(6-9)12(16)7-13(14,15)8-12/h3-6H,2,7-8,16H2,1H3,(H,17,18). The first-order valence-corrected chi connectivity index (χ1v) is 5.92. The molecule has 2 rings (SSSR count). The minimum atomic E-state index is -2.68. The number of hydrogen-bond acceptors (Lipinski definition) is 2. The monoisotopic (exact) mass is 254 g/mol. The van der Waals surface area contributed by atoms with E-state index >= 15 is 0 Å². The van der Waals surface area contributed by atoms with Crippen LogP contribution in [0.3, 0.4) is 0 Å². The molecule has 0 saturated heterocycles. The van der Waals surface area contributed by atoms with Crippen LogP contribution in [0.2, 0.25) is 0 Å². The third-order valence-corrected chi connectivity index (χ3v) is 3.19. The Kier molecular flexibility index (Phi) is 3.11. The summed E-state index contributed by atoms with van der Waals surface area (Å²) in [4.78, 5) is 11.7. The van der Waals surface area contributed by atoms with E-state index in [1.165, 1.54) is 0 Å². The Balaban J connectivity index is 2.21. The van der Waals surface area contributed by atoms with Crippen LogP contribution in [-0.4, -0.2) is 18.4 Å². The first kappa shape index (κ1) is 13.0. The highest BCUT2D eigenvalue weighted by atomic mass is 19.3. The van der Waals surface area contributed by atoms with Crippen molar-refractivity contribution in [2.45, 2.75) is 31.2 Å². The largest absolute Gasteiger partial charge is 0.352 e. The molecule has 0 heterocycles. The molecule has 1 aliphatic carbocycles. The molecule has 3 nitrogen and oxygen atoms in total. The van der Waals surface area contributed by atoms with Crippen LogP contribution in [0.4, 0.5) is 8.78 Å². The average molecular weight is 254 g/mol. The van der Waals surface area contributed by atoms with Crippen molar-refractivity contribution in [3.8, 4) is 0 Å². The lowest BCUT2D eigenvalue weighted by molar-refractivity contribution is -0.125. The summed E-state index contributed by atoms with van der Waals surface area (Å²) in [7, 11) is 0. The summed E-state index contributed by atoms with van der Waals surface area (Å²) in [5.41, 5.74) is 5.97. The molecule has 1 aromatic carbocycles. The third kappa shape index (κ3) is 2.36. The zero-order valence-corrected chi connectivity index (χ0v) is 10.2. The summed E-state index contributed by atoms with van der Waals surface area (Å²) >= 11 is 0. The molecule has 1 aromatic rings. The number of nitrogens with two attached hydrogens (primary N) is 1. The SMILES string of the molecule is CCNC(=O)c1cccc(C2(N)CC(F)(F)C2)c1. The van der Waals surface area contributed by atoms with Crippen molar-refractivity contribution in [1.82, 2.24) is 5.32 Å². The number of halogens is 2. The smallest absolute Gasteiger partial charge is 0.252 e. The van der Waals surface area contributed by atoms with Gasteiger partial charge >= 0.3 is 0 Å². The number of hydrogen-bond donors (Lipinski definition) is 2. The number of benzene rings is 1. The summed E-state index contributed by atoms with van der Waals surface area (Å²) in [5, 5.41) is 2.66. The molecular weight excluding hydrogens is 238 g/mol. The van der Waals surface area contributed by atoms with Crippen LogP contribution in [0.25, 0.3) is 0 Å². The predicted octanol–water partition coefficient (Wildman–Crippen LogP) is 2.02. The maximum Gasteiger partial charge on any atom is 0.252 e.